The molecule has 5 nitrogen and oxygen atoms in total. The maximum Gasteiger partial charge on any atom is 0.573 e. The van der Waals surface area contributed by atoms with Crippen LogP contribution in [0.15, 0.2) is 29.3 Å². The molecular weight excluding hydrogens is 333 g/mol. The van der Waals surface area contributed by atoms with Gasteiger partial charge in [-0.25, -0.2) is 4.99 Å². The van der Waals surface area contributed by atoms with E-state index < -0.39 is 6.36 Å². The minimum atomic E-state index is -4.71. The van der Waals surface area contributed by atoms with Crippen molar-refractivity contribution in [3.8, 4) is 5.75 Å². The van der Waals surface area contributed by atoms with Crippen LogP contribution in [0, 0.1) is 5.92 Å². The van der Waals surface area contributed by atoms with Crippen LogP contribution in [-0.4, -0.2) is 50.4 Å². The van der Waals surface area contributed by atoms with Crippen molar-refractivity contribution in [3.05, 3.63) is 29.8 Å². The Hall–Kier alpha value is -1.96. The van der Waals surface area contributed by atoms with Crippen molar-refractivity contribution in [1.82, 2.24) is 15.5 Å². The third-order valence-electron chi connectivity index (χ3n) is 4.00. The van der Waals surface area contributed by atoms with Gasteiger partial charge in [-0.3, -0.25) is 0 Å². The van der Waals surface area contributed by atoms with Gasteiger partial charge in [0.25, 0.3) is 0 Å². The SMILES string of the molecule is CCNC(=NCc1ccccc1OC(F)(F)F)NCC1CCN(C)C1. The van der Waals surface area contributed by atoms with E-state index in [1.54, 1.807) is 12.1 Å². The molecule has 0 amide bonds. The van der Waals surface area contributed by atoms with Crippen molar-refractivity contribution in [2.24, 2.45) is 10.9 Å². The summed E-state index contributed by atoms with van der Waals surface area (Å²) < 4.78 is 41.5. The fourth-order valence-electron chi connectivity index (χ4n) is 2.80. The van der Waals surface area contributed by atoms with E-state index in [0.717, 1.165) is 26.1 Å². The smallest absolute Gasteiger partial charge is 0.405 e. The molecule has 140 valence electrons. The number of nitrogens with zero attached hydrogens (tertiary/aromatic N) is 2. The lowest BCUT2D eigenvalue weighted by Crippen LogP contribution is -2.40. The second kappa shape index (κ2) is 8.94. The van der Waals surface area contributed by atoms with Gasteiger partial charge in [-0.05, 0) is 38.9 Å². The molecule has 1 fully saturated rings. The van der Waals surface area contributed by atoms with E-state index >= 15 is 0 Å². The lowest BCUT2D eigenvalue weighted by Gasteiger charge is -2.16. The molecule has 0 bridgehead atoms. The minimum absolute atomic E-state index is 0.103. The quantitative estimate of drug-likeness (QED) is 0.606. The predicted octanol–water partition coefficient (Wildman–Crippen LogP) is 2.59. The van der Waals surface area contributed by atoms with Gasteiger partial charge in [0, 0.05) is 25.2 Å². The molecule has 1 aromatic rings. The number of rotatable bonds is 6. The van der Waals surface area contributed by atoms with Crippen molar-refractivity contribution in [2.75, 3.05) is 33.2 Å². The van der Waals surface area contributed by atoms with Crippen LogP contribution in [0.1, 0.15) is 18.9 Å². The first kappa shape index (κ1) is 19.4. The zero-order valence-corrected chi connectivity index (χ0v) is 14.6. The maximum absolute atomic E-state index is 12.5. The molecule has 1 saturated heterocycles. The molecule has 0 aromatic heterocycles. The first-order valence-corrected chi connectivity index (χ1v) is 8.41. The molecule has 1 aliphatic rings. The summed E-state index contributed by atoms with van der Waals surface area (Å²) in [4.78, 5) is 6.67. The van der Waals surface area contributed by atoms with Crippen molar-refractivity contribution in [1.29, 1.82) is 0 Å². The topological polar surface area (TPSA) is 48.9 Å². The van der Waals surface area contributed by atoms with Crippen LogP contribution in [-0.2, 0) is 6.54 Å². The highest BCUT2D eigenvalue weighted by molar-refractivity contribution is 5.79. The van der Waals surface area contributed by atoms with Gasteiger partial charge in [0.1, 0.15) is 5.75 Å². The fraction of sp³-hybridized carbons (Fsp3) is 0.588. The van der Waals surface area contributed by atoms with Crippen molar-refractivity contribution < 1.29 is 17.9 Å². The highest BCUT2D eigenvalue weighted by Gasteiger charge is 2.31. The predicted molar refractivity (Wildman–Crippen MR) is 91.5 cm³/mol. The summed E-state index contributed by atoms with van der Waals surface area (Å²) in [5.41, 5.74) is 0.387. The van der Waals surface area contributed by atoms with Gasteiger partial charge in [0.15, 0.2) is 5.96 Å². The van der Waals surface area contributed by atoms with Gasteiger partial charge < -0.3 is 20.3 Å². The Morgan fingerprint density at radius 2 is 2.08 bits per heavy atom. The number of ether oxygens (including phenoxy) is 1. The van der Waals surface area contributed by atoms with E-state index in [1.807, 2.05) is 6.92 Å². The van der Waals surface area contributed by atoms with Crippen LogP contribution >= 0.6 is 0 Å². The number of para-hydroxylation sites is 1. The monoisotopic (exact) mass is 358 g/mol. The molecule has 1 unspecified atom stereocenters. The molecule has 1 heterocycles. The number of alkyl halides is 3. The molecule has 0 aliphatic carbocycles. The minimum Gasteiger partial charge on any atom is -0.405 e. The second-order valence-electron chi connectivity index (χ2n) is 6.15. The number of likely N-dealkylation sites (tertiary alicyclic amines) is 1. The van der Waals surface area contributed by atoms with E-state index in [1.165, 1.54) is 12.1 Å². The summed E-state index contributed by atoms with van der Waals surface area (Å²) in [5, 5.41) is 6.39. The molecule has 0 radical (unpaired) electrons. The van der Waals surface area contributed by atoms with Crippen molar-refractivity contribution in [3.63, 3.8) is 0 Å². The largest absolute Gasteiger partial charge is 0.573 e. The molecule has 1 aliphatic heterocycles. The number of hydrogen-bond acceptors (Lipinski definition) is 3. The average molecular weight is 358 g/mol. The van der Waals surface area contributed by atoms with E-state index in [-0.39, 0.29) is 12.3 Å². The van der Waals surface area contributed by atoms with Gasteiger partial charge in [-0.15, -0.1) is 13.2 Å². The molecule has 2 N–H and O–H groups in total. The average Bonchev–Trinajstić information content (AvgIpc) is 2.95. The van der Waals surface area contributed by atoms with Crippen molar-refractivity contribution in [2.45, 2.75) is 26.3 Å². The number of hydrogen-bond donors (Lipinski definition) is 2. The number of halogens is 3. The Bertz CT molecular complexity index is 577. The summed E-state index contributed by atoms with van der Waals surface area (Å²) in [5.74, 6) is 0.931. The van der Waals surface area contributed by atoms with E-state index in [9.17, 15) is 13.2 Å². The molecular formula is C17H25F3N4O. The second-order valence-corrected chi connectivity index (χ2v) is 6.15. The lowest BCUT2D eigenvalue weighted by molar-refractivity contribution is -0.274. The van der Waals surface area contributed by atoms with Crippen LogP contribution in [0.25, 0.3) is 0 Å². The summed E-state index contributed by atoms with van der Waals surface area (Å²) in [6.07, 6.45) is -3.58. The summed E-state index contributed by atoms with van der Waals surface area (Å²) in [6, 6.07) is 6.06. The van der Waals surface area contributed by atoms with Gasteiger partial charge in [-0.1, -0.05) is 18.2 Å². The standard InChI is InChI=1S/C17H25F3N4O/c1-3-21-16(22-10-13-8-9-24(2)12-13)23-11-14-6-4-5-7-15(14)25-17(18,19)20/h4-7,13H,3,8-12H2,1-2H3,(H2,21,22,23). The third kappa shape index (κ3) is 6.81. The fourth-order valence-corrected chi connectivity index (χ4v) is 2.80. The Kier molecular flexibility index (Phi) is 6.92. The normalized spacial score (nSPS) is 19.1. The van der Waals surface area contributed by atoms with Crippen LogP contribution in [0.3, 0.4) is 0 Å². The number of benzene rings is 1. The summed E-state index contributed by atoms with van der Waals surface area (Å²) in [7, 11) is 2.09. The van der Waals surface area contributed by atoms with Crippen LogP contribution in [0.5, 0.6) is 5.75 Å². The molecule has 8 heteroatoms. The van der Waals surface area contributed by atoms with Gasteiger partial charge in [-0.2, -0.15) is 0 Å². The number of nitrogens with one attached hydrogen (secondary N) is 2. The summed E-state index contributed by atoms with van der Waals surface area (Å²) >= 11 is 0. The molecule has 1 aromatic carbocycles. The number of aliphatic imine (C=N–C) groups is 1. The molecule has 2 rings (SSSR count). The zero-order chi connectivity index (χ0) is 18.3. The maximum atomic E-state index is 12.5. The number of guanidine groups is 1. The lowest BCUT2D eigenvalue weighted by atomic mass is 10.1. The Labute approximate surface area is 146 Å². The molecule has 1 atom stereocenters. The molecule has 0 saturated carbocycles. The van der Waals surface area contributed by atoms with E-state index in [2.05, 4.69) is 32.3 Å². The molecule has 0 spiro atoms. The third-order valence-corrected chi connectivity index (χ3v) is 4.00. The van der Waals surface area contributed by atoms with Gasteiger partial charge in [0.05, 0.1) is 6.54 Å². The van der Waals surface area contributed by atoms with E-state index in [4.69, 9.17) is 0 Å². The van der Waals surface area contributed by atoms with Crippen LogP contribution in [0.4, 0.5) is 13.2 Å². The first-order chi connectivity index (χ1) is 11.9. The van der Waals surface area contributed by atoms with Crippen LogP contribution in [0.2, 0.25) is 0 Å². The highest BCUT2D eigenvalue weighted by Crippen LogP contribution is 2.26. The van der Waals surface area contributed by atoms with Crippen LogP contribution < -0.4 is 15.4 Å². The first-order valence-electron chi connectivity index (χ1n) is 8.41. The highest BCUT2D eigenvalue weighted by atomic mass is 19.4. The van der Waals surface area contributed by atoms with E-state index in [0.29, 0.717) is 24.0 Å². The molecule has 25 heavy (non-hydrogen) atoms. The zero-order valence-electron chi connectivity index (χ0n) is 14.6. The van der Waals surface area contributed by atoms with Crippen molar-refractivity contribution >= 4 is 5.96 Å². The Morgan fingerprint density at radius 1 is 1.32 bits per heavy atom. The summed E-state index contributed by atoms with van der Waals surface area (Å²) in [6.45, 7) is 5.64. The Balaban J connectivity index is 1.98. The van der Waals surface area contributed by atoms with Gasteiger partial charge in [0.2, 0.25) is 0 Å². The Morgan fingerprint density at radius 3 is 2.72 bits per heavy atom. The van der Waals surface area contributed by atoms with Gasteiger partial charge >= 0.3 is 6.36 Å².